The van der Waals surface area contributed by atoms with E-state index in [4.69, 9.17) is 0 Å². The number of rotatable bonds is 1. The molecule has 1 atom stereocenters. The van der Waals surface area contributed by atoms with Crippen LogP contribution in [-0.4, -0.2) is 16.5 Å². The monoisotopic (exact) mass is 277 g/mol. The number of nitrogens with one attached hydrogen (secondary N) is 2. The summed E-state index contributed by atoms with van der Waals surface area (Å²) in [4.78, 5) is 7.80. The van der Waals surface area contributed by atoms with Crippen molar-refractivity contribution in [2.24, 2.45) is 0 Å². The minimum absolute atomic E-state index is 0.240. The second-order valence-electron chi connectivity index (χ2n) is 5.94. The number of aromatic nitrogens is 2. The van der Waals surface area contributed by atoms with Gasteiger partial charge in [0.2, 0.25) is 0 Å². The van der Waals surface area contributed by atoms with E-state index in [2.05, 4.69) is 53.4 Å². The van der Waals surface area contributed by atoms with E-state index in [1.165, 1.54) is 38.9 Å². The molecule has 3 aromatic rings. The molecule has 0 aliphatic carbocycles. The van der Waals surface area contributed by atoms with Crippen LogP contribution in [0.2, 0.25) is 0 Å². The van der Waals surface area contributed by atoms with Crippen molar-refractivity contribution >= 4 is 10.9 Å². The summed E-state index contributed by atoms with van der Waals surface area (Å²) in [5, 5.41) is 5.02. The highest BCUT2D eigenvalue weighted by molar-refractivity contribution is 5.88. The first kappa shape index (κ1) is 12.6. The number of pyridine rings is 1. The summed E-state index contributed by atoms with van der Waals surface area (Å²) in [7, 11) is 0. The van der Waals surface area contributed by atoms with Gasteiger partial charge < -0.3 is 10.3 Å². The molecule has 1 aromatic carbocycles. The molecule has 3 nitrogen and oxygen atoms in total. The molecule has 1 aliphatic rings. The van der Waals surface area contributed by atoms with Gasteiger partial charge >= 0.3 is 0 Å². The molecule has 2 N–H and O–H groups in total. The molecular formula is C18H19N3. The number of fused-ring (bicyclic) bond motifs is 3. The summed E-state index contributed by atoms with van der Waals surface area (Å²) in [6.07, 6.45) is 4.81. The summed E-state index contributed by atoms with van der Waals surface area (Å²) in [5.74, 6) is 0. The molecule has 0 saturated carbocycles. The van der Waals surface area contributed by atoms with Gasteiger partial charge in [0.25, 0.3) is 0 Å². The molecular weight excluding hydrogens is 258 g/mol. The first-order chi connectivity index (χ1) is 10.2. The van der Waals surface area contributed by atoms with Crippen LogP contribution in [-0.2, 0) is 6.42 Å². The maximum Gasteiger partial charge on any atom is 0.0733 e. The largest absolute Gasteiger partial charge is 0.356 e. The zero-order valence-electron chi connectivity index (χ0n) is 12.4. The summed E-state index contributed by atoms with van der Waals surface area (Å²) in [6.45, 7) is 5.37. The van der Waals surface area contributed by atoms with Crippen molar-refractivity contribution in [2.75, 3.05) is 6.54 Å². The molecule has 0 spiro atoms. The van der Waals surface area contributed by atoms with Crippen molar-refractivity contribution in [3.63, 3.8) is 0 Å². The number of hydrogen-bond donors (Lipinski definition) is 2. The summed E-state index contributed by atoms with van der Waals surface area (Å²) >= 11 is 0. The average Bonchev–Trinajstić information content (AvgIpc) is 2.87. The Morgan fingerprint density at radius 1 is 1.14 bits per heavy atom. The first-order valence-electron chi connectivity index (χ1n) is 7.49. The van der Waals surface area contributed by atoms with Crippen molar-refractivity contribution in [3.8, 4) is 0 Å². The van der Waals surface area contributed by atoms with Gasteiger partial charge in [0.05, 0.1) is 6.04 Å². The molecule has 1 unspecified atom stereocenters. The predicted octanol–water partition coefficient (Wildman–Crippen LogP) is 3.41. The van der Waals surface area contributed by atoms with Gasteiger partial charge in [-0.2, -0.15) is 0 Å². The molecule has 106 valence electrons. The third-order valence-corrected chi connectivity index (χ3v) is 4.44. The van der Waals surface area contributed by atoms with Crippen LogP contribution < -0.4 is 5.32 Å². The van der Waals surface area contributed by atoms with E-state index < -0.39 is 0 Å². The van der Waals surface area contributed by atoms with Gasteiger partial charge in [-0.3, -0.25) is 4.98 Å². The van der Waals surface area contributed by atoms with Crippen molar-refractivity contribution in [1.29, 1.82) is 0 Å². The summed E-state index contributed by atoms with van der Waals surface area (Å²) in [5.41, 5.74) is 8.00. The topological polar surface area (TPSA) is 40.7 Å². The maximum absolute atomic E-state index is 4.13. The fourth-order valence-electron chi connectivity index (χ4n) is 3.53. The van der Waals surface area contributed by atoms with Crippen molar-refractivity contribution in [3.05, 3.63) is 64.6 Å². The molecule has 3 heterocycles. The number of aryl methyl sites for hydroxylation is 2. The fourth-order valence-corrected chi connectivity index (χ4v) is 3.53. The Morgan fingerprint density at radius 3 is 2.76 bits per heavy atom. The SMILES string of the molecule is Cc1cc(C)c2[nH]c3c(c2c1)CCNC3c1ccncc1. The summed E-state index contributed by atoms with van der Waals surface area (Å²) < 4.78 is 0. The lowest BCUT2D eigenvalue weighted by atomic mass is 9.94. The Bertz CT molecular complexity index is 802. The molecule has 3 heteroatoms. The number of nitrogens with zero attached hydrogens (tertiary/aromatic N) is 1. The van der Waals surface area contributed by atoms with Crippen LogP contribution in [0.5, 0.6) is 0 Å². The van der Waals surface area contributed by atoms with Gasteiger partial charge in [0.15, 0.2) is 0 Å². The Labute approximate surface area is 124 Å². The van der Waals surface area contributed by atoms with Crippen molar-refractivity contribution < 1.29 is 0 Å². The number of H-pyrrole nitrogens is 1. The Kier molecular flexibility index (Phi) is 2.82. The highest BCUT2D eigenvalue weighted by Gasteiger charge is 2.25. The van der Waals surface area contributed by atoms with Crippen LogP contribution in [0, 0.1) is 13.8 Å². The van der Waals surface area contributed by atoms with E-state index >= 15 is 0 Å². The number of aromatic amines is 1. The van der Waals surface area contributed by atoms with E-state index in [0.29, 0.717) is 0 Å². The van der Waals surface area contributed by atoms with E-state index in [1.807, 2.05) is 12.4 Å². The lowest BCUT2D eigenvalue weighted by Gasteiger charge is -2.24. The lowest BCUT2D eigenvalue weighted by Crippen LogP contribution is -2.30. The first-order valence-corrected chi connectivity index (χ1v) is 7.49. The molecule has 2 aromatic heterocycles. The third kappa shape index (κ3) is 1.96. The minimum Gasteiger partial charge on any atom is -0.356 e. The van der Waals surface area contributed by atoms with Crippen LogP contribution in [0.3, 0.4) is 0 Å². The highest BCUT2D eigenvalue weighted by atomic mass is 15.0. The molecule has 4 rings (SSSR count). The second kappa shape index (κ2) is 4.71. The van der Waals surface area contributed by atoms with Crippen LogP contribution in [0.4, 0.5) is 0 Å². The maximum atomic E-state index is 4.13. The standard InChI is InChI=1S/C18H19N3/c1-11-9-12(2)16-15(10-11)14-5-8-20-17(18(14)21-16)13-3-6-19-7-4-13/h3-4,6-7,9-10,17,20-21H,5,8H2,1-2H3. The zero-order valence-corrected chi connectivity index (χ0v) is 12.4. The highest BCUT2D eigenvalue weighted by Crippen LogP contribution is 2.34. The van der Waals surface area contributed by atoms with Gasteiger partial charge in [-0.1, -0.05) is 11.6 Å². The van der Waals surface area contributed by atoms with Crippen LogP contribution >= 0.6 is 0 Å². The van der Waals surface area contributed by atoms with Gasteiger partial charge in [0, 0.05) is 35.5 Å². The molecule has 0 radical (unpaired) electrons. The molecule has 0 fully saturated rings. The number of hydrogen-bond acceptors (Lipinski definition) is 2. The quantitative estimate of drug-likeness (QED) is 0.715. The zero-order chi connectivity index (χ0) is 14.4. The van der Waals surface area contributed by atoms with E-state index in [-0.39, 0.29) is 6.04 Å². The van der Waals surface area contributed by atoms with E-state index in [0.717, 1.165) is 13.0 Å². The van der Waals surface area contributed by atoms with Gasteiger partial charge in [-0.25, -0.2) is 0 Å². The molecule has 21 heavy (non-hydrogen) atoms. The summed E-state index contributed by atoms with van der Waals surface area (Å²) in [6, 6.07) is 8.99. The van der Waals surface area contributed by atoms with E-state index in [1.54, 1.807) is 0 Å². The van der Waals surface area contributed by atoms with Crippen LogP contribution in [0.15, 0.2) is 36.7 Å². The Morgan fingerprint density at radius 2 is 1.95 bits per heavy atom. The molecule has 0 saturated heterocycles. The van der Waals surface area contributed by atoms with Gasteiger partial charge in [-0.05, 0) is 55.2 Å². The van der Waals surface area contributed by atoms with Crippen molar-refractivity contribution in [2.45, 2.75) is 26.3 Å². The Balaban J connectivity index is 1.95. The fraction of sp³-hybridized carbons (Fsp3) is 0.278. The lowest BCUT2D eigenvalue weighted by molar-refractivity contribution is 0.560. The van der Waals surface area contributed by atoms with Crippen LogP contribution in [0.25, 0.3) is 10.9 Å². The van der Waals surface area contributed by atoms with Crippen LogP contribution in [0.1, 0.15) is 34.0 Å². The number of benzene rings is 1. The molecule has 0 amide bonds. The van der Waals surface area contributed by atoms with Gasteiger partial charge in [0.1, 0.15) is 0 Å². The van der Waals surface area contributed by atoms with E-state index in [9.17, 15) is 0 Å². The minimum atomic E-state index is 0.240. The average molecular weight is 277 g/mol. The normalized spacial score (nSPS) is 17.9. The van der Waals surface area contributed by atoms with Gasteiger partial charge in [-0.15, -0.1) is 0 Å². The smallest absolute Gasteiger partial charge is 0.0733 e. The van der Waals surface area contributed by atoms with Crippen molar-refractivity contribution in [1.82, 2.24) is 15.3 Å². The second-order valence-corrected chi connectivity index (χ2v) is 5.94. The Hall–Kier alpha value is -2.13. The third-order valence-electron chi connectivity index (χ3n) is 4.44. The molecule has 1 aliphatic heterocycles. The predicted molar refractivity (Wildman–Crippen MR) is 85.6 cm³/mol. The molecule has 0 bridgehead atoms.